The van der Waals surface area contributed by atoms with Gasteiger partial charge in [-0.1, -0.05) is 18.2 Å². The third-order valence-corrected chi connectivity index (χ3v) is 2.27. The highest BCUT2D eigenvalue weighted by molar-refractivity contribution is 5.77. The lowest BCUT2D eigenvalue weighted by Crippen LogP contribution is -2.33. The van der Waals surface area contributed by atoms with Gasteiger partial charge in [-0.05, 0) is 24.6 Å². The predicted molar refractivity (Wildman–Crippen MR) is 72.5 cm³/mol. The van der Waals surface area contributed by atoms with Crippen LogP contribution in [0.2, 0.25) is 0 Å². The number of nitrogens with one attached hydrogen (secondary N) is 2. The maximum Gasteiger partial charge on any atom is 0.234 e. The molecule has 0 saturated carbocycles. The van der Waals surface area contributed by atoms with Crippen LogP contribution in [0.4, 0.5) is 0 Å². The summed E-state index contributed by atoms with van der Waals surface area (Å²) in [5.74, 6) is 0.799. The number of hydrogen-bond acceptors (Lipinski definition) is 3. The normalized spacial score (nSPS) is 9.83. The maximum atomic E-state index is 11.5. The molecule has 1 aromatic carbocycles. The molecule has 0 unspecified atom stereocenters. The minimum absolute atomic E-state index is 0.0290. The summed E-state index contributed by atoms with van der Waals surface area (Å²) in [5.41, 5.74) is 1.03. The molecule has 1 rings (SSSR count). The highest BCUT2D eigenvalue weighted by atomic mass is 16.5. The van der Waals surface area contributed by atoms with Gasteiger partial charge in [-0.15, -0.1) is 6.58 Å². The molecule has 0 aliphatic heterocycles. The first kappa shape index (κ1) is 14.3. The van der Waals surface area contributed by atoms with Gasteiger partial charge in [0.25, 0.3) is 0 Å². The van der Waals surface area contributed by atoms with Crippen LogP contribution >= 0.6 is 0 Å². The van der Waals surface area contributed by atoms with Crippen molar-refractivity contribution in [3.8, 4) is 5.75 Å². The van der Waals surface area contributed by atoms with Gasteiger partial charge in [-0.3, -0.25) is 4.79 Å². The Morgan fingerprint density at radius 2 is 2.33 bits per heavy atom. The Labute approximate surface area is 108 Å². The van der Waals surface area contributed by atoms with Crippen molar-refractivity contribution in [2.75, 3.05) is 19.7 Å². The molecule has 0 atom stereocenters. The Kier molecular flexibility index (Phi) is 6.58. The zero-order chi connectivity index (χ0) is 13.2. The smallest absolute Gasteiger partial charge is 0.234 e. The van der Waals surface area contributed by atoms with Crippen LogP contribution in [-0.2, 0) is 11.3 Å². The summed E-state index contributed by atoms with van der Waals surface area (Å²) in [5, 5.41) is 5.78. The summed E-state index contributed by atoms with van der Waals surface area (Å²) >= 11 is 0. The highest BCUT2D eigenvalue weighted by Crippen LogP contribution is 2.12. The van der Waals surface area contributed by atoms with E-state index in [1.807, 2.05) is 31.2 Å². The van der Waals surface area contributed by atoms with Crippen LogP contribution in [0.25, 0.3) is 0 Å². The Balaban J connectivity index is 2.35. The van der Waals surface area contributed by atoms with Gasteiger partial charge < -0.3 is 15.4 Å². The maximum absolute atomic E-state index is 11.5. The van der Waals surface area contributed by atoms with Crippen LogP contribution in [0.15, 0.2) is 36.9 Å². The zero-order valence-electron chi connectivity index (χ0n) is 10.7. The van der Waals surface area contributed by atoms with E-state index in [-0.39, 0.29) is 5.91 Å². The largest absolute Gasteiger partial charge is 0.494 e. The standard InChI is InChI=1S/C14H20N2O2/c1-3-8-15-11-14(17)16-10-12-6-5-7-13(9-12)18-4-2/h3,5-7,9,15H,1,4,8,10-11H2,2H3,(H,16,17). The minimum Gasteiger partial charge on any atom is -0.494 e. The molecule has 18 heavy (non-hydrogen) atoms. The van der Waals surface area contributed by atoms with Crippen LogP contribution in [0.5, 0.6) is 5.75 Å². The van der Waals surface area contributed by atoms with Gasteiger partial charge in [0, 0.05) is 13.1 Å². The lowest BCUT2D eigenvalue weighted by atomic mass is 10.2. The monoisotopic (exact) mass is 248 g/mol. The molecule has 0 heterocycles. The molecular formula is C14H20N2O2. The van der Waals surface area contributed by atoms with Gasteiger partial charge in [-0.25, -0.2) is 0 Å². The fraction of sp³-hybridized carbons (Fsp3) is 0.357. The molecule has 0 aromatic heterocycles. The predicted octanol–water partition coefficient (Wildman–Crippen LogP) is 1.48. The molecule has 0 aliphatic rings. The van der Waals surface area contributed by atoms with E-state index >= 15 is 0 Å². The first-order valence-corrected chi connectivity index (χ1v) is 6.06. The summed E-state index contributed by atoms with van der Waals surface area (Å²) in [6.45, 7) is 7.60. The molecule has 0 saturated heterocycles. The van der Waals surface area contributed by atoms with E-state index in [1.165, 1.54) is 0 Å². The van der Waals surface area contributed by atoms with E-state index < -0.39 is 0 Å². The molecule has 4 nitrogen and oxygen atoms in total. The van der Waals surface area contributed by atoms with E-state index in [1.54, 1.807) is 6.08 Å². The molecule has 0 fully saturated rings. The second-order valence-electron chi connectivity index (χ2n) is 3.78. The first-order valence-electron chi connectivity index (χ1n) is 6.06. The van der Waals surface area contributed by atoms with Gasteiger partial charge in [0.1, 0.15) is 5.75 Å². The van der Waals surface area contributed by atoms with E-state index in [9.17, 15) is 4.79 Å². The molecular weight excluding hydrogens is 228 g/mol. The number of ether oxygens (including phenoxy) is 1. The van der Waals surface area contributed by atoms with Crippen molar-refractivity contribution in [1.29, 1.82) is 0 Å². The Bertz CT molecular complexity index is 391. The lowest BCUT2D eigenvalue weighted by Gasteiger charge is -2.08. The molecule has 2 N–H and O–H groups in total. The van der Waals surface area contributed by atoms with E-state index in [4.69, 9.17) is 4.74 Å². The van der Waals surface area contributed by atoms with Crippen molar-refractivity contribution in [1.82, 2.24) is 10.6 Å². The van der Waals surface area contributed by atoms with Gasteiger partial charge in [0.2, 0.25) is 5.91 Å². The number of rotatable bonds is 8. The van der Waals surface area contributed by atoms with Crippen LogP contribution in [-0.4, -0.2) is 25.6 Å². The number of benzene rings is 1. The third-order valence-electron chi connectivity index (χ3n) is 2.27. The van der Waals surface area contributed by atoms with Crippen LogP contribution in [0, 0.1) is 0 Å². The van der Waals surface area contributed by atoms with Crippen LogP contribution < -0.4 is 15.4 Å². The van der Waals surface area contributed by atoms with Crippen molar-refractivity contribution in [2.24, 2.45) is 0 Å². The number of amides is 1. The van der Waals surface area contributed by atoms with Crippen LogP contribution in [0.1, 0.15) is 12.5 Å². The van der Waals surface area contributed by atoms with Crippen molar-refractivity contribution in [3.05, 3.63) is 42.5 Å². The Morgan fingerprint density at radius 3 is 3.06 bits per heavy atom. The fourth-order valence-electron chi connectivity index (χ4n) is 1.46. The quantitative estimate of drug-likeness (QED) is 0.541. The van der Waals surface area contributed by atoms with Crippen molar-refractivity contribution < 1.29 is 9.53 Å². The average Bonchev–Trinajstić information content (AvgIpc) is 2.38. The lowest BCUT2D eigenvalue weighted by molar-refractivity contribution is -0.120. The van der Waals surface area contributed by atoms with Crippen molar-refractivity contribution in [2.45, 2.75) is 13.5 Å². The van der Waals surface area contributed by atoms with Crippen LogP contribution in [0.3, 0.4) is 0 Å². The Morgan fingerprint density at radius 1 is 1.50 bits per heavy atom. The Hall–Kier alpha value is -1.81. The minimum atomic E-state index is -0.0290. The summed E-state index contributed by atoms with van der Waals surface area (Å²) in [4.78, 5) is 11.5. The summed E-state index contributed by atoms with van der Waals surface area (Å²) < 4.78 is 5.40. The molecule has 0 radical (unpaired) electrons. The van der Waals surface area contributed by atoms with Gasteiger partial charge in [0.05, 0.1) is 13.2 Å². The number of hydrogen-bond donors (Lipinski definition) is 2. The third kappa shape index (κ3) is 5.50. The molecule has 0 bridgehead atoms. The van der Waals surface area contributed by atoms with E-state index in [0.717, 1.165) is 11.3 Å². The van der Waals surface area contributed by atoms with E-state index in [2.05, 4.69) is 17.2 Å². The van der Waals surface area contributed by atoms with Gasteiger partial charge in [-0.2, -0.15) is 0 Å². The van der Waals surface area contributed by atoms with Gasteiger partial charge >= 0.3 is 0 Å². The molecule has 98 valence electrons. The molecule has 4 heteroatoms. The SMILES string of the molecule is C=CCNCC(=O)NCc1cccc(OCC)c1. The molecule has 0 spiro atoms. The summed E-state index contributed by atoms with van der Waals surface area (Å²) in [6.07, 6.45) is 1.72. The zero-order valence-corrected chi connectivity index (χ0v) is 10.7. The fourth-order valence-corrected chi connectivity index (χ4v) is 1.46. The van der Waals surface area contributed by atoms with Crippen molar-refractivity contribution >= 4 is 5.91 Å². The number of carbonyl (C=O) groups excluding carboxylic acids is 1. The molecule has 0 aliphatic carbocycles. The molecule has 1 amide bonds. The average molecular weight is 248 g/mol. The summed E-state index contributed by atoms with van der Waals surface area (Å²) in [7, 11) is 0. The summed E-state index contributed by atoms with van der Waals surface area (Å²) in [6, 6.07) is 7.71. The second-order valence-corrected chi connectivity index (χ2v) is 3.78. The van der Waals surface area contributed by atoms with Gasteiger partial charge in [0.15, 0.2) is 0 Å². The first-order chi connectivity index (χ1) is 8.76. The molecule has 1 aromatic rings. The van der Waals surface area contributed by atoms with E-state index in [0.29, 0.717) is 26.2 Å². The topological polar surface area (TPSA) is 50.4 Å². The number of carbonyl (C=O) groups is 1. The second kappa shape index (κ2) is 8.31. The van der Waals surface area contributed by atoms with Crippen molar-refractivity contribution in [3.63, 3.8) is 0 Å². The highest BCUT2D eigenvalue weighted by Gasteiger charge is 2.01.